The number of rotatable bonds is 7. The van der Waals surface area contributed by atoms with E-state index in [9.17, 15) is 17.2 Å². The summed E-state index contributed by atoms with van der Waals surface area (Å²) in [6.45, 7) is 0. The van der Waals surface area contributed by atoms with Crippen molar-refractivity contribution in [3.8, 4) is 0 Å². The fourth-order valence-electron chi connectivity index (χ4n) is 2.27. The van der Waals surface area contributed by atoms with Crippen molar-refractivity contribution in [1.82, 2.24) is 19.3 Å². The first-order chi connectivity index (χ1) is 10.8. The lowest BCUT2D eigenvalue weighted by Gasteiger charge is -2.26. The highest BCUT2D eigenvalue weighted by Crippen LogP contribution is 2.22. The largest absolute Gasteiger partial charge is 0.262 e. The Labute approximate surface area is 133 Å². The highest BCUT2D eigenvalue weighted by atomic mass is 32.2. The Morgan fingerprint density at radius 3 is 2.43 bits per heavy atom. The van der Waals surface area contributed by atoms with E-state index in [2.05, 4.69) is 10.3 Å². The average molecular weight is 344 g/mol. The SMILES string of the molecule is CN(C(CCc1ccccc1)C(F)F)S(=O)(=O)c1cnnn1C. The lowest BCUT2D eigenvalue weighted by molar-refractivity contribution is 0.0657. The van der Waals surface area contributed by atoms with E-state index in [4.69, 9.17) is 0 Å². The second-order valence-corrected chi connectivity index (χ2v) is 7.09. The Morgan fingerprint density at radius 2 is 1.91 bits per heavy atom. The van der Waals surface area contributed by atoms with E-state index in [0.717, 1.165) is 23.5 Å². The van der Waals surface area contributed by atoms with Gasteiger partial charge in [-0.25, -0.2) is 21.9 Å². The molecule has 1 atom stereocenters. The Hall–Kier alpha value is -1.87. The first-order valence-electron chi connectivity index (χ1n) is 6.99. The smallest absolute Gasteiger partial charge is 0.236 e. The molecule has 0 saturated carbocycles. The van der Waals surface area contributed by atoms with E-state index >= 15 is 0 Å². The zero-order chi connectivity index (χ0) is 17.0. The Kier molecular flexibility index (Phi) is 5.42. The molecule has 0 aliphatic rings. The maximum atomic E-state index is 13.4. The van der Waals surface area contributed by atoms with Crippen LogP contribution >= 0.6 is 0 Å². The van der Waals surface area contributed by atoms with Gasteiger partial charge in [0.25, 0.3) is 16.4 Å². The molecule has 0 N–H and O–H groups in total. The third-order valence-corrected chi connectivity index (χ3v) is 5.57. The van der Waals surface area contributed by atoms with Crippen molar-refractivity contribution in [3.63, 3.8) is 0 Å². The van der Waals surface area contributed by atoms with E-state index in [-0.39, 0.29) is 11.4 Å². The Morgan fingerprint density at radius 1 is 1.26 bits per heavy atom. The van der Waals surface area contributed by atoms with Crippen LogP contribution in [-0.2, 0) is 23.5 Å². The van der Waals surface area contributed by atoms with Gasteiger partial charge in [0.05, 0.1) is 12.2 Å². The normalized spacial score (nSPS) is 13.7. The third-order valence-electron chi connectivity index (χ3n) is 3.65. The van der Waals surface area contributed by atoms with Gasteiger partial charge in [0.15, 0.2) is 5.03 Å². The maximum Gasteiger partial charge on any atom is 0.262 e. The van der Waals surface area contributed by atoms with Gasteiger partial charge in [0, 0.05) is 14.1 Å². The van der Waals surface area contributed by atoms with Crippen LogP contribution in [-0.4, -0.2) is 47.2 Å². The molecular formula is C14H18F2N4O2S. The van der Waals surface area contributed by atoms with Gasteiger partial charge in [0.1, 0.15) is 0 Å². The van der Waals surface area contributed by atoms with Crippen LogP contribution in [0.5, 0.6) is 0 Å². The molecule has 6 nitrogen and oxygen atoms in total. The van der Waals surface area contributed by atoms with Gasteiger partial charge in [-0.15, -0.1) is 5.10 Å². The molecule has 0 bridgehead atoms. The molecular weight excluding hydrogens is 326 g/mol. The van der Waals surface area contributed by atoms with Crippen LogP contribution < -0.4 is 0 Å². The number of halogens is 2. The van der Waals surface area contributed by atoms with Crippen LogP contribution in [0.15, 0.2) is 41.6 Å². The van der Waals surface area contributed by atoms with E-state index < -0.39 is 22.5 Å². The molecule has 2 aromatic rings. The fraction of sp³-hybridized carbons (Fsp3) is 0.429. The summed E-state index contributed by atoms with van der Waals surface area (Å²) in [7, 11) is -1.53. The van der Waals surface area contributed by atoms with Crippen LogP contribution in [0, 0.1) is 0 Å². The van der Waals surface area contributed by atoms with Crippen LogP contribution in [0.1, 0.15) is 12.0 Å². The molecule has 0 aliphatic carbocycles. The monoisotopic (exact) mass is 344 g/mol. The predicted molar refractivity (Wildman–Crippen MR) is 80.5 cm³/mol. The van der Waals surface area contributed by atoms with Gasteiger partial charge >= 0.3 is 0 Å². The topological polar surface area (TPSA) is 68.1 Å². The highest BCUT2D eigenvalue weighted by Gasteiger charge is 2.35. The summed E-state index contributed by atoms with van der Waals surface area (Å²) in [5.41, 5.74) is 0.881. The summed E-state index contributed by atoms with van der Waals surface area (Å²) in [5.74, 6) is 0. The molecule has 0 amide bonds. The molecule has 0 saturated heterocycles. The molecule has 9 heteroatoms. The van der Waals surface area contributed by atoms with Crippen molar-refractivity contribution in [2.75, 3.05) is 7.05 Å². The maximum absolute atomic E-state index is 13.4. The Balaban J connectivity index is 2.18. The number of alkyl halides is 2. The van der Waals surface area contributed by atoms with E-state index in [1.807, 2.05) is 30.3 Å². The second kappa shape index (κ2) is 7.14. The van der Waals surface area contributed by atoms with Crippen molar-refractivity contribution < 1.29 is 17.2 Å². The molecule has 2 rings (SSSR count). The van der Waals surface area contributed by atoms with Crippen molar-refractivity contribution in [3.05, 3.63) is 42.1 Å². The van der Waals surface area contributed by atoms with Crippen LogP contribution in [0.4, 0.5) is 8.78 Å². The van der Waals surface area contributed by atoms with E-state index in [1.165, 1.54) is 7.05 Å². The van der Waals surface area contributed by atoms with Crippen molar-refractivity contribution in [1.29, 1.82) is 0 Å². The Bertz CT molecular complexity index is 734. The minimum Gasteiger partial charge on any atom is -0.236 e. The number of aromatic nitrogens is 3. The number of nitrogens with zero attached hydrogens (tertiary/aromatic N) is 4. The quantitative estimate of drug-likeness (QED) is 0.767. The van der Waals surface area contributed by atoms with Crippen molar-refractivity contribution in [2.45, 2.75) is 30.3 Å². The number of benzene rings is 1. The zero-order valence-corrected chi connectivity index (χ0v) is 13.6. The van der Waals surface area contributed by atoms with E-state index in [1.54, 1.807) is 0 Å². The number of hydrogen-bond acceptors (Lipinski definition) is 4. The van der Waals surface area contributed by atoms with Gasteiger partial charge in [0.2, 0.25) is 0 Å². The standard InChI is InChI=1S/C14H18F2N4O2S/c1-19-13(10-17-18-19)23(21,22)20(2)12(14(15)16)9-8-11-6-4-3-5-7-11/h3-7,10,12,14H,8-9H2,1-2H3. The van der Waals surface area contributed by atoms with Crippen LogP contribution in [0.2, 0.25) is 0 Å². The fourth-order valence-corrected chi connectivity index (χ4v) is 3.67. The van der Waals surface area contributed by atoms with Crippen molar-refractivity contribution in [2.24, 2.45) is 7.05 Å². The minimum atomic E-state index is -4.08. The van der Waals surface area contributed by atoms with Gasteiger partial charge < -0.3 is 0 Å². The molecule has 0 aliphatic heterocycles. The van der Waals surface area contributed by atoms with Gasteiger partial charge in [-0.1, -0.05) is 35.5 Å². The molecule has 1 heterocycles. The summed E-state index contributed by atoms with van der Waals surface area (Å²) < 4.78 is 53.4. The summed E-state index contributed by atoms with van der Waals surface area (Å²) in [6.07, 6.45) is -1.37. The summed E-state index contributed by atoms with van der Waals surface area (Å²) in [6, 6.07) is 7.68. The number of hydrogen-bond donors (Lipinski definition) is 0. The number of sulfonamides is 1. The predicted octanol–water partition coefficient (Wildman–Crippen LogP) is 1.70. The number of aryl methyl sites for hydroxylation is 2. The molecule has 126 valence electrons. The lowest BCUT2D eigenvalue weighted by atomic mass is 10.1. The van der Waals surface area contributed by atoms with E-state index in [0.29, 0.717) is 10.7 Å². The molecule has 1 unspecified atom stereocenters. The third kappa shape index (κ3) is 3.91. The van der Waals surface area contributed by atoms with Crippen molar-refractivity contribution >= 4 is 10.0 Å². The van der Waals surface area contributed by atoms with Gasteiger partial charge in [-0.2, -0.15) is 4.31 Å². The summed E-state index contributed by atoms with van der Waals surface area (Å²) >= 11 is 0. The average Bonchev–Trinajstić information content (AvgIpc) is 2.95. The summed E-state index contributed by atoms with van der Waals surface area (Å²) in [4.78, 5) is 0. The first kappa shape index (κ1) is 17.5. The highest BCUT2D eigenvalue weighted by molar-refractivity contribution is 7.89. The molecule has 0 radical (unpaired) electrons. The minimum absolute atomic E-state index is 0.0166. The molecule has 0 fully saturated rings. The van der Waals surface area contributed by atoms with Gasteiger partial charge in [-0.05, 0) is 18.4 Å². The summed E-state index contributed by atoms with van der Waals surface area (Å²) in [5, 5.41) is 6.81. The first-order valence-corrected chi connectivity index (χ1v) is 8.43. The lowest BCUT2D eigenvalue weighted by Crippen LogP contribution is -2.42. The molecule has 23 heavy (non-hydrogen) atoms. The van der Waals surface area contributed by atoms with Crippen LogP contribution in [0.3, 0.4) is 0 Å². The molecule has 1 aromatic carbocycles. The van der Waals surface area contributed by atoms with Gasteiger partial charge in [-0.3, -0.25) is 0 Å². The molecule has 1 aromatic heterocycles. The van der Waals surface area contributed by atoms with Crippen LogP contribution in [0.25, 0.3) is 0 Å². The second-order valence-electron chi connectivity index (χ2n) is 5.14. The zero-order valence-electron chi connectivity index (χ0n) is 12.8. The molecule has 0 spiro atoms.